The fourth-order valence-corrected chi connectivity index (χ4v) is 3.15. The maximum Gasteiger partial charge on any atom is 0.191 e. The molecule has 2 rings (SSSR count). The summed E-state index contributed by atoms with van der Waals surface area (Å²) < 4.78 is 0. The average Bonchev–Trinajstić information content (AvgIpc) is 2.47. The van der Waals surface area contributed by atoms with E-state index in [2.05, 4.69) is 27.9 Å². The maximum absolute atomic E-state index is 8.94. The van der Waals surface area contributed by atoms with Crippen molar-refractivity contribution in [3.63, 3.8) is 0 Å². The first kappa shape index (κ1) is 14.9. The van der Waals surface area contributed by atoms with Crippen LogP contribution in [0.3, 0.4) is 0 Å². The lowest BCUT2D eigenvalue weighted by Gasteiger charge is -2.30. The Morgan fingerprint density at radius 3 is 2.85 bits per heavy atom. The van der Waals surface area contributed by atoms with Gasteiger partial charge in [0.15, 0.2) is 5.16 Å². The third-order valence-electron chi connectivity index (χ3n) is 3.44. The predicted molar refractivity (Wildman–Crippen MR) is 82.6 cm³/mol. The number of nitrogen functional groups attached to an aromatic ring is 1. The lowest BCUT2D eigenvalue weighted by Crippen LogP contribution is -2.34. The fraction of sp³-hybridized carbons (Fsp3) is 0.643. The van der Waals surface area contributed by atoms with E-state index in [4.69, 9.17) is 11.0 Å². The van der Waals surface area contributed by atoms with Crippen LogP contribution in [-0.2, 0) is 0 Å². The number of anilines is 2. The van der Waals surface area contributed by atoms with Gasteiger partial charge in [-0.2, -0.15) is 5.26 Å². The summed E-state index contributed by atoms with van der Waals surface area (Å²) in [6, 6.07) is 4.17. The molecule has 108 valence electrons. The smallest absolute Gasteiger partial charge is 0.191 e. The molecule has 1 aliphatic heterocycles. The van der Waals surface area contributed by atoms with Crippen molar-refractivity contribution in [1.29, 1.82) is 5.26 Å². The number of hydrogen-bond donors (Lipinski definition) is 1. The molecule has 0 spiro atoms. The van der Waals surface area contributed by atoms with Crippen LogP contribution in [0.4, 0.5) is 11.6 Å². The molecule has 0 aromatic carbocycles. The Morgan fingerprint density at radius 2 is 2.20 bits per heavy atom. The topological polar surface area (TPSA) is 78.8 Å². The molecule has 1 fully saturated rings. The normalized spacial score (nSPS) is 16.1. The zero-order valence-electron chi connectivity index (χ0n) is 11.9. The Kier molecular flexibility index (Phi) is 5.48. The Morgan fingerprint density at radius 1 is 1.45 bits per heavy atom. The molecular weight excluding hydrogens is 270 g/mol. The molecule has 20 heavy (non-hydrogen) atoms. The number of hydrogen-bond acceptors (Lipinski definition) is 6. The second kappa shape index (κ2) is 7.34. The van der Waals surface area contributed by atoms with E-state index < -0.39 is 0 Å². The van der Waals surface area contributed by atoms with E-state index in [0.717, 1.165) is 49.1 Å². The van der Waals surface area contributed by atoms with E-state index in [1.807, 2.05) is 6.07 Å². The van der Waals surface area contributed by atoms with E-state index in [9.17, 15) is 0 Å². The van der Waals surface area contributed by atoms with Crippen LogP contribution in [0.15, 0.2) is 11.2 Å². The fourth-order valence-electron chi connectivity index (χ4n) is 2.20. The third kappa shape index (κ3) is 4.01. The first-order chi connectivity index (χ1) is 9.72. The molecule has 5 nitrogen and oxygen atoms in total. The van der Waals surface area contributed by atoms with Crippen LogP contribution in [0.5, 0.6) is 0 Å². The quantitative estimate of drug-likeness (QED) is 0.510. The van der Waals surface area contributed by atoms with Crippen LogP contribution in [0.2, 0.25) is 0 Å². The summed E-state index contributed by atoms with van der Waals surface area (Å²) in [6.07, 6.45) is 4.13. The highest BCUT2D eigenvalue weighted by molar-refractivity contribution is 7.99. The highest BCUT2D eigenvalue weighted by atomic mass is 32.2. The van der Waals surface area contributed by atoms with Crippen molar-refractivity contribution < 1.29 is 0 Å². The average molecular weight is 291 g/mol. The molecule has 2 heterocycles. The van der Waals surface area contributed by atoms with E-state index >= 15 is 0 Å². The van der Waals surface area contributed by atoms with Crippen molar-refractivity contribution in [2.75, 3.05) is 29.5 Å². The molecule has 6 heteroatoms. The maximum atomic E-state index is 8.94. The van der Waals surface area contributed by atoms with Gasteiger partial charge in [-0.05, 0) is 19.3 Å². The van der Waals surface area contributed by atoms with Crippen molar-refractivity contribution in [3.8, 4) is 6.07 Å². The van der Waals surface area contributed by atoms with Gasteiger partial charge in [-0.25, -0.2) is 9.97 Å². The zero-order valence-corrected chi connectivity index (χ0v) is 12.7. The number of nitriles is 1. The van der Waals surface area contributed by atoms with Crippen LogP contribution in [0, 0.1) is 17.2 Å². The number of thioether (sulfide) groups is 1. The molecule has 2 N–H and O–H groups in total. The van der Waals surface area contributed by atoms with Gasteiger partial charge in [-0.3, -0.25) is 0 Å². The molecule has 1 aliphatic rings. The van der Waals surface area contributed by atoms with Gasteiger partial charge >= 0.3 is 0 Å². The first-order valence-electron chi connectivity index (χ1n) is 7.15. The predicted octanol–water partition coefficient (Wildman–Crippen LogP) is 2.69. The number of piperidine rings is 1. The second-order valence-corrected chi connectivity index (χ2v) is 6.09. The number of nitrogens with two attached hydrogens (primary N) is 1. The molecule has 0 bridgehead atoms. The summed E-state index contributed by atoms with van der Waals surface area (Å²) in [7, 11) is 0. The van der Waals surface area contributed by atoms with Crippen molar-refractivity contribution in [1.82, 2.24) is 9.97 Å². The van der Waals surface area contributed by atoms with Crippen molar-refractivity contribution in [3.05, 3.63) is 6.07 Å². The van der Waals surface area contributed by atoms with Crippen molar-refractivity contribution in [2.24, 2.45) is 5.92 Å². The molecular formula is C14H21N5S. The van der Waals surface area contributed by atoms with Gasteiger partial charge in [0.1, 0.15) is 11.6 Å². The number of nitrogens with zero attached hydrogens (tertiary/aromatic N) is 4. The highest BCUT2D eigenvalue weighted by Crippen LogP contribution is 2.25. The number of rotatable bonds is 5. The van der Waals surface area contributed by atoms with Gasteiger partial charge in [-0.1, -0.05) is 25.1 Å². The van der Waals surface area contributed by atoms with E-state index in [1.54, 1.807) is 11.8 Å². The molecule has 0 unspecified atom stereocenters. The van der Waals surface area contributed by atoms with Gasteiger partial charge in [0.25, 0.3) is 0 Å². The van der Waals surface area contributed by atoms with Crippen LogP contribution in [0.1, 0.15) is 32.6 Å². The Hall–Kier alpha value is -1.48. The number of unbranched alkanes of at least 4 members (excludes halogenated alkanes) is 1. The lowest BCUT2D eigenvalue weighted by atomic mass is 9.99. The van der Waals surface area contributed by atoms with E-state index in [1.165, 1.54) is 6.42 Å². The first-order valence-corrected chi connectivity index (χ1v) is 8.13. The number of aromatic nitrogens is 2. The molecule has 0 atom stereocenters. The molecule has 1 aromatic rings. The van der Waals surface area contributed by atoms with E-state index in [-0.39, 0.29) is 5.92 Å². The molecule has 0 aliphatic carbocycles. The third-order valence-corrected chi connectivity index (χ3v) is 4.38. The molecule has 1 aromatic heterocycles. The van der Waals surface area contributed by atoms with Gasteiger partial charge in [-0.15, -0.1) is 0 Å². The van der Waals surface area contributed by atoms with Crippen molar-refractivity contribution in [2.45, 2.75) is 37.8 Å². The molecule has 1 saturated heterocycles. The minimum absolute atomic E-state index is 0.184. The standard InChI is InChI=1S/C14H21N5S/c1-2-3-8-20-14-17-12(16)9-13(18-14)19-6-4-11(10-15)5-7-19/h9,11H,2-8H2,1H3,(H2,16,17,18). The van der Waals surface area contributed by atoms with Gasteiger partial charge in [0, 0.05) is 30.8 Å². The summed E-state index contributed by atoms with van der Waals surface area (Å²) in [6.45, 7) is 3.91. The van der Waals surface area contributed by atoms with Crippen molar-refractivity contribution >= 4 is 23.4 Å². The Bertz CT molecular complexity index is 477. The molecule has 0 saturated carbocycles. The molecule has 0 amide bonds. The van der Waals surface area contributed by atoms with Crippen LogP contribution >= 0.6 is 11.8 Å². The van der Waals surface area contributed by atoms with Gasteiger partial charge in [0.2, 0.25) is 0 Å². The summed E-state index contributed by atoms with van der Waals surface area (Å²) in [5.41, 5.74) is 5.88. The summed E-state index contributed by atoms with van der Waals surface area (Å²) in [5, 5.41) is 9.70. The Labute approximate surface area is 124 Å². The van der Waals surface area contributed by atoms with Crippen LogP contribution < -0.4 is 10.6 Å². The Balaban J connectivity index is 2.02. The second-order valence-electron chi connectivity index (χ2n) is 5.03. The monoisotopic (exact) mass is 291 g/mol. The minimum atomic E-state index is 0.184. The highest BCUT2D eigenvalue weighted by Gasteiger charge is 2.20. The van der Waals surface area contributed by atoms with E-state index in [0.29, 0.717) is 5.82 Å². The zero-order chi connectivity index (χ0) is 14.4. The molecule has 0 radical (unpaired) electrons. The lowest BCUT2D eigenvalue weighted by molar-refractivity contribution is 0.484. The van der Waals surface area contributed by atoms with Crippen LogP contribution in [-0.4, -0.2) is 28.8 Å². The summed E-state index contributed by atoms with van der Waals surface area (Å²) in [5.74, 6) is 2.63. The van der Waals surface area contributed by atoms with Gasteiger partial charge in [0.05, 0.1) is 6.07 Å². The SMILES string of the molecule is CCCCSc1nc(N)cc(N2CCC(C#N)CC2)n1. The van der Waals surface area contributed by atoms with Gasteiger partial charge < -0.3 is 10.6 Å². The van der Waals surface area contributed by atoms with Crippen LogP contribution in [0.25, 0.3) is 0 Å². The summed E-state index contributed by atoms with van der Waals surface area (Å²) in [4.78, 5) is 11.1. The largest absolute Gasteiger partial charge is 0.383 e. The minimum Gasteiger partial charge on any atom is -0.383 e. The summed E-state index contributed by atoms with van der Waals surface area (Å²) >= 11 is 1.66.